The number of carbonyl (C=O) groups excluding carboxylic acids is 1. The van der Waals surface area contributed by atoms with Crippen molar-refractivity contribution in [1.29, 1.82) is 0 Å². The highest BCUT2D eigenvalue weighted by Gasteiger charge is 2.38. The molecule has 0 fully saturated rings. The van der Waals surface area contributed by atoms with Crippen molar-refractivity contribution in [2.24, 2.45) is 4.99 Å². The fourth-order valence-corrected chi connectivity index (χ4v) is 3.00. The van der Waals surface area contributed by atoms with Gasteiger partial charge in [0.05, 0.1) is 32.0 Å². The second-order valence-corrected chi connectivity index (χ2v) is 5.53. The number of nitrogens with zero attached hydrogens (tertiary/aromatic N) is 2. The van der Waals surface area contributed by atoms with Gasteiger partial charge in [0.15, 0.2) is 5.75 Å². The Morgan fingerprint density at radius 1 is 1.04 bits per heavy atom. The first-order valence-corrected chi connectivity index (χ1v) is 7.93. The van der Waals surface area contributed by atoms with Gasteiger partial charge < -0.3 is 19.5 Å². The van der Waals surface area contributed by atoms with Gasteiger partial charge in [0.2, 0.25) is 17.4 Å². The second-order valence-electron chi connectivity index (χ2n) is 5.53. The number of benzodiazepines with no additional fused rings is 1. The third-order valence-corrected chi connectivity index (χ3v) is 4.07. The number of rotatable bonds is 5. The lowest BCUT2D eigenvalue weighted by molar-refractivity contribution is -0.385. The minimum Gasteiger partial charge on any atom is -0.491 e. The SMILES string of the molecule is COc1c2c(c([N+](=O)[O-])c(OC)c1OC)C(c1ccccc1)=NCC(=O)N2. The Morgan fingerprint density at radius 3 is 2.22 bits per heavy atom. The fourth-order valence-electron chi connectivity index (χ4n) is 3.00. The van der Waals surface area contributed by atoms with Crippen LogP contribution in [0.4, 0.5) is 11.4 Å². The molecule has 0 radical (unpaired) electrons. The lowest BCUT2D eigenvalue weighted by Gasteiger charge is -2.19. The van der Waals surface area contributed by atoms with Crippen molar-refractivity contribution in [3.05, 3.63) is 51.6 Å². The van der Waals surface area contributed by atoms with Gasteiger partial charge in [-0.25, -0.2) is 0 Å². The topological polar surface area (TPSA) is 112 Å². The quantitative estimate of drug-likeness (QED) is 0.638. The first kappa shape index (κ1) is 18.2. The number of ether oxygens (including phenoxy) is 3. The van der Waals surface area contributed by atoms with E-state index in [2.05, 4.69) is 10.3 Å². The summed E-state index contributed by atoms with van der Waals surface area (Å²) in [6.07, 6.45) is 0. The number of amides is 1. The molecule has 1 aliphatic heterocycles. The molecule has 9 nitrogen and oxygen atoms in total. The van der Waals surface area contributed by atoms with E-state index in [9.17, 15) is 14.9 Å². The van der Waals surface area contributed by atoms with E-state index in [1.54, 1.807) is 24.3 Å². The summed E-state index contributed by atoms with van der Waals surface area (Å²) in [6.45, 7) is -0.191. The maximum Gasteiger partial charge on any atom is 0.326 e. The van der Waals surface area contributed by atoms with Crippen LogP contribution in [0.2, 0.25) is 0 Å². The molecule has 2 aromatic carbocycles. The minimum atomic E-state index is -0.588. The lowest BCUT2D eigenvalue weighted by atomic mass is 9.97. The van der Waals surface area contributed by atoms with E-state index in [1.807, 2.05) is 6.07 Å². The lowest BCUT2D eigenvalue weighted by Crippen LogP contribution is -2.16. The number of nitro benzene ring substituents is 1. The molecule has 0 aromatic heterocycles. The molecule has 1 N–H and O–H groups in total. The van der Waals surface area contributed by atoms with E-state index in [0.717, 1.165) is 0 Å². The number of methoxy groups -OCH3 is 3. The van der Waals surface area contributed by atoms with Crippen LogP contribution >= 0.6 is 0 Å². The normalized spacial score (nSPS) is 13.0. The van der Waals surface area contributed by atoms with Crippen LogP contribution in [0.5, 0.6) is 17.2 Å². The Kier molecular flexibility index (Phi) is 4.93. The van der Waals surface area contributed by atoms with Gasteiger partial charge in [-0.05, 0) is 0 Å². The van der Waals surface area contributed by atoms with Gasteiger partial charge in [0.1, 0.15) is 17.8 Å². The Labute approximate surface area is 154 Å². The zero-order valence-electron chi connectivity index (χ0n) is 14.9. The number of benzene rings is 2. The van der Waals surface area contributed by atoms with E-state index in [1.165, 1.54) is 21.3 Å². The summed E-state index contributed by atoms with van der Waals surface area (Å²) < 4.78 is 16.0. The molecule has 0 aliphatic carbocycles. The molecule has 1 amide bonds. The van der Waals surface area contributed by atoms with Gasteiger partial charge in [0, 0.05) is 5.56 Å². The molecule has 27 heavy (non-hydrogen) atoms. The number of aliphatic imine (C=N–C) groups is 1. The molecule has 0 saturated carbocycles. The van der Waals surface area contributed by atoms with Gasteiger partial charge in [-0.1, -0.05) is 30.3 Å². The van der Waals surface area contributed by atoms with E-state index in [4.69, 9.17) is 14.2 Å². The standard InChI is InChI=1S/C18H17N3O6/c1-25-16-14-12(15(21(23)24)17(26-2)18(16)27-3)13(19-9-11(22)20-14)10-7-5-4-6-8-10/h4-8H,9H2,1-3H3,(H,20,22). The molecule has 9 heteroatoms. The van der Waals surface area contributed by atoms with Crippen molar-refractivity contribution in [3.63, 3.8) is 0 Å². The van der Waals surface area contributed by atoms with Crippen LogP contribution in [-0.4, -0.2) is 44.4 Å². The number of anilines is 1. The number of nitrogens with one attached hydrogen (secondary N) is 1. The Bertz CT molecular complexity index is 940. The van der Waals surface area contributed by atoms with Crippen LogP contribution in [0, 0.1) is 10.1 Å². The van der Waals surface area contributed by atoms with Gasteiger partial charge >= 0.3 is 5.69 Å². The van der Waals surface area contributed by atoms with E-state index >= 15 is 0 Å². The Balaban J connectivity index is 2.48. The molecular formula is C18H17N3O6. The van der Waals surface area contributed by atoms with Crippen LogP contribution in [0.15, 0.2) is 35.3 Å². The maximum atomic E-state index is 12.2. The van der Waals surface area contributed by atoms with Crippen LogP contribution in [0.1, 0.15) is 11.1 Å². The van der Waals surface area contributed by atoms with Crippen molar-refractivity contribution >= 4 is 23.0 Å². The maximum absolute atomic E-state index is 12.2. The summed E-state index contributed by atoms with van der Waals surface area (Å²) in [5.74, 6) is -0.409. The molecule has 0 saturated heterocycles. The largest absolute Gasteiger partial charge is 0.491 e. The number of carbonyl (C=O) groups is 1. The molecule has 0 spiro atoms. The van der Waals surface area contributed by atoms with Crippen LogP contribution in [0.25, 0.3) is 0 Å². The Hall–Kier alpha value is -3.62. The molecule has 140 valence electrons. The molecule has 0 unspecified atom stereocenters. The smallest absolute Gasteiger partial charge is 0.326 e. The molecule has 3 rings (SSSR count). The van der Waals surface area contributed by atoms with Gasteiger partial charge in [0.25, 0.3) is 0 Å². The number of hydrogen-bond donors (Lipinski definition) is 1. The summed E-state index contributed by atoms with van der Waals surface area (Å²) in [5.41, 5.74) is 0.760. The van der Waals surface area contributed by atoms with Crippen molar-refractivity contribution < 1.29 is 23.9 Å². The fraction of sp³-hybridized carbons (Fsp3) is 0.222. The molecule has 0 atom stereocenters. The first-order valence-electron chi connectivity index (χ1n) is 7.93. The zero-order chi connectivity index (χ0) is 19.6. The average Bonchev–Trinajstić information content (AvgIpc) is 2.84. The predicted molar refractivity (Wildman–Crippen MR) is 98.3 cm³/mol. The highest BCUT2D eigenvalue weighted by Crippen LogP contribution is 2.52. The van der Waals surface area contributed by atoms with E-state index < -0.39 is 10.8 Å². The summed E-state index contributed by atoms with van der Waals surface area (Å²) >= 11 is 0. The molecule has 2 aromatic rings. The number of nitro groups is 1. The molecule has 0 bridgehead atoms. The van der Waals surface area contributed by atoms with Crippen LogP contribution < -0.4 is 19.5 Å². The second kappa shape index (κ2) is 7.32. The predicted octanol–water partition coefficient (Wildman–Crippen LogP) is 2.41. The number of fused-ring (bicyclic) bond motifs is 1. The molecule has 1 aliphatic rings. The molecular weight excluding hydrogens is 354 g/mol. The average molecular weight is 371 g/mol. The van der Waals surface area contributed by atoms with Gasteiger partial charge in [-0.3, -0.25) is 19.9 Å². The van der Waals surface area contributed by atoms with E-state index in [0.29, 0.717) is 5.56 Å². The summed E-state index contributed by atoms with van der Waals surface area (Å²) in [7, 11) is 4.01. The summed E-state index contributed by atoms with van der Waals surface area (Å²) in [6, 6.07) is 8.88. The highest BCUT2D eigenvalue weighted by molar-refractivity contribution is 6.23. The third kappa shape index (κ3) is 3.03. The number of hydrogen-bond acceptors (Lipinski definition) is 7. The van der Waals surface area contributed by atoms with Crippen molar-refractivity contribution in [2.45, 2.75) is 0 Å². The summed E-state index contributed by atoms with van der Waals surface area (Å²) in [5, 5.41) is 14.6. The molecule has 1 heterocycles. The van der Waals surface area contributed by atoms with Crippen molar-refractivity contribution in [1.82, 2.24) is 0 Å². The first-order chi connectivity index (χ1) is 13.0. The van der Waals surface area contributed by atoms with Crippen LogP contribution in [0.3, 0.4) is 0 Å². The van der Waals surface area contributed by atoms with Crippen molar-refractivity contribution in [3.8, 4) is 17.2 Å². The highest BCUT2D eigenvalue weighted by atomic mass is 16.6. The van der Waals surface area contributed by atoms with Crippen LogP contribution in [-0.2, 0) is 4.79 Å². The van der Waals surface area contributed by atoms with Crippen molar-refractivity contribution in [2.75, 3.05) is 33.2 Å². The summed E-state index contributed by atoms with van der Waals surface area (Å²) in [4.78, 5) is 27.9. The minimum absolute atomic E-state index is 0.0139. The zero-order valence-corrected chi connectivity index (χ0v) is 14.9. The van der Waals surface area contributed by atoms with E-state index in [-0.39, 0.29) is 46.4 Å². The monoisotopic (exact) mass is 371 g/mol. The van der Waals surface area contributed by atoms with Gasteiger partial charge in [-0.2, -0.15) is 0 Å². The third-order valence-electron chi connectivity index (χ3n) is 4.07. The Morgan fingerprint density at radius 2 is 1.67 bits per heavy atom. The van der Waals surface area contributed by atoms with Gasteiger partial charge in [-0.15, -0.1) is 0 Å².